The molecule has 0 aliphatic heterocycles. The molecule has 1 aromatic rings. The molecular weight excluding hydrogens is 191 g/mol. The average molecular weight is 206 g/mol. The Morgan fingerprint density at radius 2 is 1.93 bits per heavy atom. The molecule has 2 N–H and O–H groups in total. The molecule has 0 atom stereocenters. The van der Waals surface area contributed by atoms with Gasteiger partial charge in [0, 0.05) is 5.46 Å². The third-order valence-electron chi connectivity index (χ3n) is 2.99. The molecule has 0 radical (unpaired) electrons. The SMILES string of the molecule is COc1c(B(O)O)ccc2c1CCCC2. The first-order valence-electron chi connectivity index (χ1n) is 5.29. The number of ether oxygens (including phenoxy) is 1. The molecule has 15 heavy (non-hydrogen) atoms. The van der Waals surface area contributed by atoms with Gasteiger partial charge in [0.25, 0.3) is 0 Å². The summed E-state index contributed by atoms with van der Waals surface area (Å²) < 4.78 is 5.29. The van der Waals surface area contributed by atoms with Crippen LogP contribution in [0.25, 0.3) is 0 Å². The van der Waals surface area contributed by atoms with E-state index >= 15 is 0 Å². The van der Waals surface area contributed by atoms with Gasteiger partial charge >= 0.3 is 7.12 Å². The molecule has 0 spiro atoms. The normalized spacial score (nSPS) is 14.6. The van der Waals surface area contributed by atoms with Crippen molar-refractivity contribution < 1.29 is 14.8 Å². The minimum atomic E-state index is -1.45. The molecule has 1 aliphatic carbocycles. The lowest BCUT2D eigenvalue weighted by molar-refractivity contribution is 0.397. The molecule has 0 fully saturated rings. The van der Waals surface area contributed by atoms with Crippen LogP contribution >= 0.6 is 0 Å². The molecule has 1 aliphatic rings. The monoisotopic (exact) mass is 206 g/mol. The van der Waals surface area contributed by atoms with E-state index in [4.69, 9.17) is 4.74 Å². The Hall–Kier alpha value is -0.995. The lowest BCUT2D eigenvalue weighted by Crippen LogP contribution is -2.32. The molecule has 0 saturated carbocycles. The van der Waals surface area contributed by atoms with Gasteiger partial charge in [-0.1, -0.05) is 12.1 Å². The van der Waals surface area contributed by atoms with Crippen LogP contribution in [0.4, 0.5) is 0 Å². The van der Waals surface area contributed by atoms with Crippen LogP contribution in [0.15, 0.2) is 12.1 Å². The van der Waals surface area contributed by atoms with Crippen molar-refractivity contribution in [3.63, 3.8) is 0 Å². The molecule has 0 unspecified atom stereocenters. The number of fused-ring (bicyclic) bond motifs is 1. The summed E-state index contributed by atoms with van der Waals surface area (Å²) in [5.74, 6) is 0.655. The Morgan fingerprint density at radius 3 is 2.60 bits per heavy atom. The molecule has 3 nitrogen and oxygen atoms in total. The van der Waals surface area contributed by atoms with Crippen LogP contribution in [0.5, 0.6) is 5.75 Å². The van der Waals surface area contributed by atoms with Gasteiger partial charge in [0.15, 0.2) is 0 Å². The van der Waals surface area contributed by atoms with E-state index in [1.807, 2.05) is 6.07 Å². The first-order chi connectivity index (χ1) is 7.24. The van der Waals surface area contributed by atoms with E-state index in [9.17, 15) is 10.0 Å². The summed E-state index contributed by atoms with van der Waals surface area (Å²) in [4.78, 5) is 0. The van der Waals surface area contributed by atoms with E-state index in [1.165, 1.54) is 12.0 Å². The van der Waals surface area contributed by atoms with Crippen molar-refractivity contribution in [1.82, 2.24) is 0 Å². The standard InChI is InChI=1S/C11H15BO3/c1-15-11-9-5-3-2-4-8(9)6-7-10(11)12(13)14/h6-7,13-14H,2-5H2,1H3. The second-order valence-corrected chi connectivity index (χ2v) is 3.91. The second kappa shape index (κ2) is 4.25. The van der Waals surface area contributed by atoms with E-state index in [1.54, 1.807) is 13.2 Å². The van der Waals surface area contributed by atoms with Gasteiger partial charge in [-0.2, -0.15) is 0 Å². The number of methoxy groups -OCH3 is 1. The van der Waals surface area contributed by atoms with Crippen LogP contribution in [0.2, 0.25) is 0 Å². The average Bonchev–Trinajstić information content (AvgIpc) is 2.27. The maximum Gasteiger partial charge on any atom is 0.492 e. The third-order valence-corrected chi connectivity index (χ3v) is 2.99. The van der Waals surface area contributed by atoms with Crippen LogP contribution in [0, 0.1) is 0 Å². The maximum atomic E-state index is 9.21. The summed E-state index contributed by atoms with van der Waals surface area (Å²) in [7, 11) is 0.128. The van der Waals surface area contributed by atoms with Crippen LogP contribution in [0.1, 0.15) is 24.0 Å². The molecule has 0 bridgehead atoms. The third kappa shape index (κ3) is 1.87. The number of hydrogen-bond acceptors (Lipinski definition) is 3. The fourth-order valence-corrected chi connectivity index (χ4v) is 2.26. The van der Waals surface area contributed by atoms with Crippen molar-refractivity contribution in [3.05, 3.63) is 23.3 Å². The van der Waals surface area contributed by atoms with E-state index in [0.29, 0.717) is 11.2 Å². The van der Waals surface area contributed by atoms with Gasteiger partial charge < -0.3 is 14.8 Å². The van der Waals surface area contributed by atoms with Gasteiger partial charge in [0.2, 0.25) is 0 Å². The summed E-state index contributed by atoms with van der Waals surface area (Å²) in [5, 5.41) is 18.4. The highest BCUT2D eigenvalue weighted by molar-refractivity contribution is 6.59. The topological polar surface area (TPSA) is 49.7 Å². The number of rotatable bonds is 2. The highest BCUT2D eigenvalue weighted by Gasteiger charge is 2.22. The predicted molar refractivity (Wildman–Crippen MR) is 59.5 cm³/mol. The van der Waals surface area contributed by atoms with Crippen molar-refractivity contribution in [2.45, 2.75) is 25.7 Å². The Balaban J connectivity index is 2.51. The van der Waals surface area contributed by atoms with Crippen LogP contribution < -0.4 is 10.2 Å². The van der Waals surface area contributed by atoms with Crippen molar-refractivity contribution >= 4 is 12.6 Å². The number of hydrogen-bond donors (Lipinski definition) is 2. The molecule has 0 amide bonds. The number of benzene rings is 1. The zero-order valence-electron chi connectivity index (χ0n) is 8.86. The zero-order valence-corrected chi connectivity index (χ0v) is 8.86. The largest absolute Gasteiger partial charge is 0.497 e. The molecule has 80 valence electrons. The first kappa shape index (κ1) is 10.5. The van der Waals surface area contributed by atoms with Crippen molar-refractivity contribution in [2.24, 2.45) is 0 Å². The van der Waals surface area contributed by atoms with Gasteiger partial charge in [-0.3, -0.25) is 0 Å². The van der Waals surface area contributed by atoms with E-state index in [-0.39, 0.29) is 0 Å². The quantitative estimate of drug-likeness (QED) is 0.682. The molecule has 2 rings (SSSR count). The van der Waals surface area contributed by atoms with Crippen LogP contribution in [-0.2, 0) is 12.8 Å². The van der Waals surface area contributed by atoms with E-state index < -0.39 is 7.12 Å². The number of aryl methyl sites for hydroxylation is 1. The highest BCUT2D eigenvalue weighted by Crippen LogP contribution is 2.28. The lowest BCUT2D eigenvalue weighted by atomic mass is 9.76. The molecular formula is C11H15BO3. The minimum absolute atomic E-state index is 0.471. The Labute approximate surface area is 89.8 Å². The molecule has 0 aromatic heterocycles. The summed E-state index contributed by atoms with van der Waals surface area (Å²) >= 11 is 0. The highest BCUT2D eigenvalue weighted by atomic mass is 16.5. The summed E-state index contributed by atoms with van der Waals surface area (Å²) in [6.45, 7) is 0. The lowest BCUT2D eigenvalue weighted by Gasteiger charge is -2.20. The first-order valence-corrected chi connectivity index (χ1v) is 5.29. The van der Waals surface area contributed by atoms with Gasteiger partial charge in [-0.15, -0.1) is 0 Å². The minimum Gasteiger partial charge on any atom is -0.497 e. The van der Waals surface area contributed by atoms with Gasteiger partial charge in [-0.25, -0.2) is 0 Å². The second-order valence-electron chi connectivity index (χ2n) is 3.91. The smallest absolute Gasteiger partial charge is 0.492 e. The summed E-state index contributed by atoms with van der Waals surface area (Å²) in [5.41, 5.74) is 2.90. The Morgan fingerprint density at radius 1 is 1.20 bits per heavy atom. The van der Waals surface area contributed by atoms with Gasteiger partial charge in [0.05, 0.1) is 7.11 Å². The summed E-state index contributed by atoms with van der Waals surface area (Å²) in [6, 6.07) is 3.72. The molecule has 1 aromatic carbocycles. The maximum absolute atomic E-state index is 9.21. The molecule has 4 heteroatoms. The van der Waals surface area contributed by atoms with Crippen LogP contribution in [-0.4, -0.2) is 24.3 Å². The molecule has 0 saturated heterocycles. The van der Waals surface area contributed by atoms with Crippen LogP contribution in [0.3, 0.4) is 0 Å². The summed E-state index contributed by atoms with van der Waals surface area (Å²) in [6.07, 6.45) is 4.39. The van der Waals surface area contributed by atoms with Gasteiger partial charge in [-0.05, 0) is 36.8 Å². The predicted octanol–water partition coefficient (Wildman–Crippen LogP) is 0.254. The fourth-order valence-electron chi connectivity index (χ4n) is 2.26. The van der Waals surface area contributed by atoms with Crippen molar-refractivity contribution in [3.8, 4) is 5.75 Å². The van der Waals surface area contributed by atoms with Crippen molar-refractivity contribution in [1.29, 1.82) is 0 Å². The van der Waals surface area contributed by atoms with Gasteiger partial charge in [0.1, 0.15) is 5.75 Å². The fraction of sp³-hybridized carbons (Fsp3) is 0.455. The Bertz CT molecular complexity index is 363. The zero-order chi connectivity index (χ0) is 10.8. The van der Waals surface area contributed by atoms with Crippen molar-refractivity contribution in [2.75, 3.05) is 7.11 Å². The van der Waals surface area contributed by atoms with E-state index in [0.717, 1.165) is 24.8 Å². The Kier molecular flexibility index (Phi) is 2.98. The molecule has 0 heterocycles. The van der Waals surface area contributed by atoms with E-state index in [2.05, 4.69) is 0 Å².